The first kappa shape index (κ1) is 10.7. The second-order valence-electron chi connectivity index (χ2n) is 4.96. The third kappa shape index (κ3) is 1.78. The van der Waals surface area contributed by atoms with E-state index in [9.17, 15) is 9.59 Å². The molecule has 84 valence electrons. The molecular weight excluding hydrogens is 206 g/mol. The summed E-state index contributed by atoms with van der Waals surface area (Å²) in [7, 11) is 0. The topological polar surface area (TPSA) is 78.7 Å². The number of aromatic nitrogens is 2. The summed E-state index contributed by atoms with van der Waals surface area (Å²) in [5, 5.41) is 8.70. The standard InChI is InChI=1S/C11H13N3O2/c1-11(2)3-8(11)6-14-5-7(4-12)9(15)13-10(14)16/h5,8H,3,6H2,1-2H3,(H,13,15,16). The van der Waals surface area contributed by atoms with Crippen molar-refractivity contribution in [3.63, 3.8) is 0 Å². The van der Waals surface area contributed by atoms with Crippen molar-refractivity contribution < 1.29 is 0 Å². The fourth-order valence-electron chi connectivity index (χ4n) is 1.85. The molecule has 1 aromatic heterocycles. The maximum Gasteiger partial charge on any atom is 0.328 e. The highest BCUT2D eigenvalue weighted by molar-refractivity contribution is 5.21. The van der Waals surface area contributed by atoms with Crippen LogP contribution in [0.4, 0.5) is 0 Å². The van der Waals surface area contributed by atoms with Crippen molar-refractivity contribution in [2.24, 2.45) is 11.3 Å². The number of aromatic amines is 1. The van der Waals surface area contributed by atoms with Crippen molar-refractivity contribution in [2.75, 3.05) is 0 Å². The number of H-pyrrole nitrogens is 1. The van der Waals surface area contributed by atoms with Gasteiger partial charge in [0.15, 0.2) is 0 Å². The summed E-state index contributed by atoms with van der Waals surface area (Å²) in [6, 6.07) is 1.77. The van der Waals surface area contributed by atoms with Gasteiger partial charge in [0.25, 0.3) is 5.56 Å². The van der Waals surface area contributed by atoms with Crippen LogP contribution in [0.5, 0.6) is 0 Å². The molecule has 0 aromatic carbocycles. The molecular formula is C11H13N3O2. The van der Waals surface area contributed by atoms with E-state index >= 15 is 0 Å². The van der Waals surface area contributed by atoms with Crippen LogP contribution in [-0.2, 0) is 6.54 Å². The van der Waals surface area contributed by atoms with E-state index in [0.717, 1.165) is 6.42 Å². The number of hydrogen-bond acceptors (Lipinski definition) is 3. The van der Waals surface area contributed by atoms with Gasteiger partial charge >= 0.3 is 5.69 Å². The molecule has 1 saturated carbocycles. The van der Waals surface area contributed by atoms with Crippen LogP contribution in [0.1, 0.15) is 25.8 Å². The van der Waals surface area contributed by atoms with Gasteiger partial charge < -0.3 is 0 Å². The Balaban J connectivity index is 2.33. The van der Waals surface area contributed by atoms with Crippen LogP contribution in [0.25, 0.3) is 0 Å². The number of nitriles is 1. The van der Waals surface area contributed by atoms with E-state index in [4.69, 9.17) is 5.26 Å². The van der Waals surface area contributed by atoms with Crippen LogP contribution >= 0.6 is 0 Å². The summed E-state index contributed by atoms with van der Waals surface area (Å²) in [4.78, 5) is 24.8. The molecule has 0 saturated heterocycles. The quantitative estimate of drug-likeness (QED) is 0.784. The zero-order chi connectivity index (χ0) is 11.9. The smallest absolute Gasteiger partial charge is 0.299 e. The summed E-state index contributed by atoms with van der Waals surface area (Å²) >= 11 is 0. The summed E-state index contributed by atoms with van der Waals surface area (Å²) in [6.45, 7) is 4.84. The molecule has 1 heterocycles. The Morgan fingerprint density at radius 1 is 1.62 bits per heavy atom. The molecule has 0 aliphatic heterocycles. The number of hydrogen-bond donors (Lipinski definition) is 1. The summed E-state index contributed by atoms with van der Waals surface area (Å²) in [6.07, 6.45) is 2.41. The predicted molar refractivity (Wildman–Crippen MR) is 57.9 cm³/mol. The van der Waals surface area contributed by atoms with Gasteiger partial charge in [-0.15, -0.1) is 0 Å². The van der Waals surface area contributed by atoms with Crippen LogP contribution in [0.15, 0.2) is 15.8 Å². The highest BCUT2D eigenvalue weighted by Crippen LogP contribution is 2.52. The Morgan fingerprint density at radius 3 is 2.75 bits per heavy atom. The molecule has 5 heteroatoms. The molecule has 1 N–H and O–H groups in total. The summed E-state index contributed by atoms with van der Waals surface area (Å²) in [5.41, 5.74) is -0.800. The second kappa shape index (κ2) is 3.34. The van der Waals surface area contributed by atoms with E-state index in [-0.39, 0.29) is 11.0 Å². The number of nitrogens with one attached hydrogen (secondary N) is 1. The fraction of sp³-hybridized carbons (Fsp3) is 0.545. The maximum atomic E-state index is 11.5. The Labute approximate surface area is 92.3 Å². The first-order valence-corrected chi connectivity index (χ1v) is 5.18. The Kier molecular flexibility index (Phi) is 2.23. The van der Waals surface area contributed by atoms with Gasteiger partial charge in [-0.2, -0.15) is 5.26 Å². The van der Waals surface area contributed by atoms with Gasteiger partial charge in [-0.05, 0) is 17.8 Å². The van der Waals surface area contributed by atoms with E-state index < -0.39 is 11.2 Å². The van der Waals surface area contributed by atoms with Crippen molar-refractivity contribution in [3.8, 4) is 6.07 Å². The van der Waals surface area contributed by atoms with Crippen LogP contribution in [0.2, 0.25) is 0 Å². The average Bonchev–Trinajstić information content (AvgIpc) is 2.78. The van der Waals surface area contributed by atoms with Crippen molar-refractivity contribution in [1.29, 1.82) is 5.26 Å². The van der Waals surface area contributed by atoms with Gasteiger partial charge in [-0.1, -0.05) is 13.8 Å². The molecule has 1 aromatic rings. The van der Waals surface area contributed by atoms with Crippen molar-refractivity contribution in [2.45, 2.75) is 26.8 Å². The Morgan fingerprint density at radius 2 is 2.25 bits per heavy atom. The predicted octanol–water partition coefficient (Wildman–Crippen LogP) is 0.454. The summed E-state index contributed by atoms with van der Waals surface area (Å²) < 4.78 is 1.42. The molecule has 1 fully saturated rings. The number of rotatable bonds is 2. The minimum absolute atomic E-state index is 0.0157. The molecule has 0 amide bonds. The maximum absolute atomic E-state index is 11.5. The van der Waals surface area contributed by atoms with Gasteiger partial charge in [0.05, 0.1) is 0 Å². The van der Waals surface area contributed by atoms with Crippen LogP contribution in [0.3, 0.4) is 0 Å². The summed E-state index contributed by atoms with van der Waals surface area (Å²) in [5.74, 6) is 0.447. The first-order valence-electron chi connectivity index (χ1n) is 5.18. The van der Waals surface area contributed by atoms with Crippen LogP contribution in [-0.4, -0.2) is 9.55 Å². The number of nitrogens with zero attached hydrogens (tertiary/aromatic N) is 2. The lowest BCUT2D eigenvalue weighted by Crippen LogP contribution is -2.31. The zero-order valence-corrected chi connectivity index (χ0v) is 9.28. The van der Waals surface area contributed by atoms with Crippen LogP contribution in [0, 0.1) is 22.7 Å². The van der Waals surface area contributed by atoms with Gasteiger partial charge in [-0.25, -0.2) is 4.79 Å². The molecule has 1 aliphatic rings. The van der Waals surface area contributed by atoms with Crippen molar-refractivity contribution in [1.82, 2.24) is 9.55 Å². The fourth-order valence-corrected chi connectivity index (χ4v) is 1.85. The van der Waals surface area contributed by atoms with E-state index in [1.54, 1.807) is 6.07 Å². The van der Waals surface area contributed by atoms with Crippen molar-refractivity contribution in [3.05, 3.63) is 32.6 Å². The van der Waals surface area contributed by atoms with Crippen LogP contribution < -0.4 is 11.2 Å². The third-order valence-corrected chi connectivity index (χ3v) is 3.27. The lowest BCUT2D eigenvalue weighted by atomic mass is 10.1. The largest absolute Gasteiger partial charge is 0.328 e. The highest BCUT2D eigenvalue weighted by atomic mass is 16.2. The van der Waals surface area contributed by atoms with Gasteiger partial charge in [-0.3, -0.25) is 14.3 Å². The minimum atomic E-state index is -0.612. The molecule has 2 rings (SSSR count). The third-order valence-electron chi connectivity index (χ3n) is 3.27. The lowest BCUT2D eigenvalue weighted by molar-refractivity contribution is 0.485. The SMILES string of the molecule is CC1(C)CC1Cn1cc(C#N)c(=O)[nH]c1=O. The first-order chi connectivity index (χ1) is 7.44. The second-order valence-corrected chi connectivity index (χ2v) is 4.96. The molecule has 5 nitrogen and oxygen atoms in total. The minimum Gasteiger partial charge on any atom is -0.299 e. The zero-order valence-electron chi connectivity index (χ0n) is 9.28. The Hall–Kier alpha value is -1.83. The lowest BCUT2D eigenvalue weighted by Gasteiger charge is -2.06. The highest BCUT2D eigenvalue weighted by Gasteiger charge is 2.45. The van der Waals surface area contributed by atoms with Gasteiger partial charge in [0.2, 0.25) is 0 Å². The van der Waals surface area contributed by atoms with Gasteiger partial charge in [0.1, 0.15) is 11.6 Å². The Bertz CT molecular complexity index is 574. The molecule has 0 spiro atoms. The molecule has 1 unspecified atom stereocenters. The van der Waals surface area contributed by atoms with Gasteiger partial charge in [0, 0.05) is 12.7 Å². The molecule has 1 atom stereocenters. The van der Waals surface area contributed by atoms with Crippen molar-refractivity contribution >= 4 is 0 Å². The molecule has 0 radical (unpaired) electrons. The molecule has 0 bridgehead atoms. The van der Waals surface area contributed by atoms with E-state index in [1.165, 1.54) is 10.8 Å². The van der Waals surface area contributed by atoms with E-state index in [0.29, 0.717) is 12.5 Å². The molecule has 16 heavy (non-hydrogen) atoms. The molecule has 1 aliphatic carbocycles. The van der Waals surface area contributed by atoms with E-state index in [1.807, 2.05) is 0 Å². The van der Waals surface area contributed by atoms with E-state index in [2.05, 4.69) is 18.8 Å². The average molecular weight is 219 g/mol. The normalized spacial score (nSPS) is 21.4. The monoisotopic (exact) mass is 219 g/mol.